The van der Waals surface area contributed by atoms with Crippen LogP contribution in [0, 0.1) is 0 Å². The van der Waals surface area contributed by atoms with Crippen LogP contribution >= 0.6 is 11.8 Å². The zero-order chi connectivity index (χ0) is 16.2. The predicted molar refractivity (Wildman–Crippen MR) is 102 cm³/mol. The molecule has 0 bridgehead atoms. The molecule has 116 valence electrons. The van der Waals surface area contributed by atoms with Crippen molar-refractivity contribution >= 4 is 11.8 Å². The van der Waals surface area contributed by atoms with Crippen LogP contribution in [0.1, 0.15) is 0 Å². The van der Waals surface area contributed by atoms with Crippen LogP contribution in [0.2, 0.25) is 0 Å². The standard InChI is InChI=1S/C22H17NS/c1-4-10-17(11-5-1)20-16-21(24-19-14-8-3-9-15-19)22(23-20)18-12-6-2-7-13-18/h1-16,23H. The van der Waals surface area contributed by atoms with Crippen LogP contribution in [0.3, 0.4) is 0 Å². The Morgan fingerprint density at radius 3 is 1.75 bits per heavy atom. The van der Waals surface area contributed by atoms with Gasteiger partial charge in [0.2, 0.25) is 0 Å². The number of hydrogen-bond donors (Lipinski definition) is 1. The minimum Gasteiger partial charge on any atom is -0.354 e. The van der Waals surface area contributed by atoms with Gasteiger partial charge >= 0.3 is 0 Å². The van der Waals surface area contributed by atoms with Crippen molar-refractivity contribution in [2.75, 3.05) is 0 Å². The summed E-state index contributed by atoms with van der Waals surface area (Å²) in [5.41, 5.74) is 4.73. The maximum absolute atomic E-state index is 3.61. The highest BCUT2D eigenvalue weighted by Gasteiger charge is 2.12. The topological polar surface area (TPSA) is 15.8 Å². The molecule has 0 amide bonds. The lowest BCUT2D eigenvalue weighted by atomic mass is 10.1. The first-order valence-electron chi connectivity index (χ1n) is 7.97. The Bertz CT molecular complexity index is 912. The molecule has 1 N–H and O–H groups in total. The summed E-state index contributed by atoms with van der Waals surface area (Å²) in [6.45, 7) is 0. The second-order valence-corrected chi connectivity index (χ2v) is 6.68. The quantitative estimate of drug-likeness (QED) is 0.452. The average molecular weight is 327 g/mol. The first kappa shape index (κ1) is 14.9. The fourth-order valence-corrected chi connectivity index (χ4v) is 3.72. The molecule has 0 unspecified atom stereocenters. The third kappa shape index (κ3) is 3.15. The smallest absolute Gasteiger partial charge is 0.0600 e. The Balaban J connectivity index is 1.80. The number of rotatable bonds is 4. The highest BCUT2D eigenvalue weighted by molar-refractivity contribution is 7.99. The molecule has 3 aromatic carbocycles. The third-order valence-corrected chi connectivity index (χ3v) is 4.95. The van der Waals surface area contributed by atoms with Gasteiger partial charge in [-0.05, 0) is 29.3 Å². The first-order valence-corrected chi connectivity index (χ1v) is 8.78. The van der Waals surface area contributed by atoms with Crippen LogP contribution < -0.4 is 0 Å². The van der Waals surface area contributed by atoms with E-state index in [1.807, 2.05) is 6.07 Å². The van der Waals surface area contributed by atoms with Gasteiger partial charge in [-0.1, -0.05) is 90.6 Å². The highest BCUT2D eigenvalue weighted by atomic mass is 32.2. The Morgan fingerprint density at radius 2 is 1.12 bits per heavy atom. The van der Waals surface area contributed by atoms with Crippen molar-refractivity contribution in [3.63, 3.8) is 0 Å². The van der Waals surface area contributed by atoms with E-state index in [4.69, 9.17) is 0 Å². The monoisotopic (exact) mass is 327 g/mol. The second kappa shape index (κ2) is 6.81. The fraction of sp³-hybridized carbons (Fsp3) is 0. The predicted octanol–water partition coefficient (Wildman–Crippen LogP) is 6.50. The van der Waals surface area contributed by atoms with Crippen molar-refractivity contribution in [2.24, 2.45) is 0 Å². The Kier molecular flexibility index (Phi) is 4.22. The van der Waals surface area contributed by atoms with Crippen molar-refractivity contribution < 1.29 is 0 Å². The van der Waals surface area contributed by atoms with E-state index >= 15 is 0 Å². The van der Waals surface area contributed by atoms with Gasteiger partial charge in [-0.15, -0.1) is 0 Å². The Morgan fingerprint density at radius 1 is 0.583 bits per heavy atom. The summed E-state index contributed by atoms with van der Waals surface area (Å²) < 4.78 is 0. The van der Waals surface area contributed by atoms with Gasteiger partial charge in [0, 0.05) is 15.5 Å². The summed E-state index contributed by atoms with van der Waals surface area (Å²) in [6, 6.07) is 33.7. The molecule has 0 radical (unpaired) electrons. The molecule has 2 heteroatoms. The molecule has 0 atom stereocenters. The summed E-state index contributed by atoms with van der Waals surface area (Å²) in [6.07, 6.45) is 0. The summed E-state index contributed by atoms with van der Waals surface area (Å²) >= 11 is 1.79. The normalized spacial score (nSPS) is 10.7. The van der Waals surface area contributed by atoms with Gasteiger partial charge in [-0.3, -0.25) is 0 Å². The lowest BCUT2D eigenvalue weighted by Crippen LogP contribution is -1.81. The molecule has 0 aliphatic rings. The van der Waals surface area contributed by atoms with E-state index in [0.717, 1.165) is 5.69 Å². The lowest BCUT2D eigenvalue weighted by molar-refractivity contribution is 1.35. The van der Waals surface area contributed by atoms with Crippen molar-refractivity contribution in [1.82, 2.24) is 4.98 Å². The molecule has 4 aromatic rings. The summed E-state index contributed by atoms with van der Waals surface area (Å²) in [5.74, 6) is 0. The van der Waals surface area contributed by atoms with E-state index in [0.29, 0.717) is 0 Å². The number of aromatic amines is 1. The maximum atomic E-state index is 3.61. The molecule has 1 aromatic heterocycles. The molecular formula is C22H17NS. The minimum absolute atomic E-state index is 1.15. The van der Waals surface area contributed by atoms with Crippen molar-refractivity contribution in [3.8, 4) is 22.5 Å². The number of aromatic nitrogens is 1. The molecule has 0 saturated heterocycles. The van der Waals surface area contributed by atoms with Crippen LogP contribution in [0.5, 0.6) is 0 Å². The largest absolute Gasteiger partial charge is 0.354 e. The van der Waals surface area contributed by atoms with E-state index < -0.39 is 0 Å². The average Bonchev–Trinajstić information content (AvgIpc) is 3.08. The molecule has 0 aliphatic carbocycles. The van der Waals surface area contributed by atoms with Crippen molar-refractivity contribution in [3.05, 3.63) is 97.1 Å². The van der Waals surface area contributed by atoms with Gasteiger partial charge in [0.05, 0.1) is 5.69 Å². The molecule has 24 heavy (non-hydrogen) atoms. The second-order valence-electron chi connectivity index (χ2n) is 5.57. The number of H-pyrrole nitrogens is 1. The highest BCUT2D eigenvalue weighted by Crippen LogP contribution is 2.38. The zero-order valence-corrected chi connectivity index (χ0v) is 14.0. The summed E-state index contributed by atoms with van der Waals surface area (Å²) in [5, 5.41) is 0. The third-order valence-electron chi connectivity index (χ3n) is 3.90. The van der Waals surface area contributed by atoms with Crippen LogP contribution in [0.4, 0.5) is 0 Å². The molecule has 1 nitrogen and oxygen atoms in total. The summed E-state index contributed by atoms with van der Waals surface area (Å²) in [4.78, 5) is 6.10. The summed E-state index contributed by atoms with van der Waals surface area (Å²) in [7, 11) is 0. The molecule has 1 heterocycles. The molecule has 4 rings (SSSR count). The zero-order valence-electron chi connectivity index (χ0n) is 13.1. The SMILES string of the molecule is c1ccc(Sc2cc(-c3ccccc3)[nH]c2-c2ccccc2)cc1. The van der Waals surface area contributed by atoms with Gasteiger partial charge in [0.15, 0.2) is 0 Å². The number of hydrogen-bond acceptors (Lipinski definition) is 1. The van der Waals surface area contributed by atoms with Gasteiger partial charge in [-0.2, -0.15) is 0 Å². The van der Waals surface area contributed by atoms with Crippen molar-refractivity contribution in [1.29, 1.82) is 0 Å². The van der Waals surface area contributed by atoms with Crippen molar-refractivity contribution in [2.45, 2.75) is 9.79 Å². The number of nitrogens with one attached hydrogen (secondary N) is 1. The van der Waals surface area contributed by atoms with E-state index in [1.54, 1.807) is 11.8 Å². The van der Waals surface area contributed by atoms with Crippen LogP contribution in [0.25, 0.3) is 22.5 Å². The van der Waals surface area contributed by atoms with E-state index in [-0.39, 0.29) is 0 Å². The molecule has 0 aliphatic heterocycles. The first-order chi connectivity index (χ1) is 11.9. The fourth-order valence-electron chi connectivity index (χ4n) is 2.72. The minimum atomic E-state index is 1.15. The van der Waals surface area contributed by atoms with Crippen LogP contribution in [-0.4, -0.2) is 4.98 Å². The Hall–Kier alpha value is -2.71. The van der Waals surface area contributed by atoms with Gasteiger partial charge in [0.25, 0.3) is 0 Å². The van der Waals surface area contributed by atoms with Gasteiger partial charge in [0.1, 0.15) is 0 Å². The van der Waals surface area contributed by atoms with Crippen LogP contribution in [0.15, 0.2) is 107 Å². The molecular weight excluding hydrogens is 310 g/mol. The van der Waals surface area contributed by atoms with E-state index in [9.17, 15) is 0 Å². The van der Waals surface area contributed by atoms with Gasteiger partial charge in [-0.25, -0.2) is 0 Å². The molecule has 0 fully saturated rings. The van der Waals surface area contributed by atoms with Crippen LogP contribution in [-0.2, 0) is 0 Å². The van der Waals surface area contributed by atoms with E-state index in [1.165, 1.54) is 26.6 Å². The molecule has 0 saturated carbocycles. The lowest BCUT2D eigenvalue weighted by Gasteiger charge is -2.04. The maximum Gasteiger partial charge on any atom is 0.0600 e. The van der Waals surface area contributed by atoms with E-state index in [2.05, 4.69) is 96.0 Å². The Labute approximate surface area is 146 Å². The number of benzene rings is 3. The molecule has 0 spiro atoms. The van der Waals surface area contributed by atoms with Gasteiger partial charge < -0.3 is 4.98 Å².